The molecule has 1 heterocycles. The molecule has 3 aromatic rings. The van der Waals surface area contributed by atoms with Gasteiger partial charge in [-0.25, -0.2) is 4.39 Å². The van der Waals surface area contributed by atoms with E-state index in [1.807, 2.05) is 56.3 Å². The monoisotopic (exact) mass is 393 g/mol. The van der Waals surface area contributed by atoms with E-state index in [0.717, 1.165) is 28.1 Å². The summed E-state index contributed by atoms with van der Waals surface area (Å²) in [6.45, 7) is 2.60. The summed E-state index contributed by atoms with van der Waals surface area (Å²) < 4.78 is 18.3. The maximum Gasteiger partial charge on any atom is 0.244 e. The third-order valence-electron chi connectivity index (χ3n) is 4.37. The molecule has 29 heavy (non-hydrogen) atoms. The van der Waals surface area contributed by atoms with Gasteiger partial charge in [0.15, 0.2) is 5.76 Å². The normalized spacial score (nSPS) is 12.4. The molecule has 0 aliphatic rings. The molecule has 0 saturated heterocycles. The molecular formula is C23H24FN3O2. The minimum absolute atomic E-state index is 0.187. The number of nitrogens with zero attached hydrogens (tertiary/aromatic N) is 2. The number of halogens is 1. The molecule has 150 valence electrons. The Labute approximate surface area is 169 Å². The molecule has 1 aromatic heterocycles. The first-order valence-electron chi connectivity index (χ1n) is 9.35. The summed E-state index contributed by atoms with van der Waals surface area (Å²) in [6, 6.07) is 15.5. The lowest BCUT2D eigenvalue weighted by atomic mass is 10.0. The van der Waals surface area contributed by atoms with Gasteiger partial charge in [0.2, 0.25) is 5.91 Å². The molecule has 6 heteroatoms. The summed E-state index contributed by atoms with van der Waals surface area (Å²) >= 11 is 0. The van der Waals surface area contributed by atoms with Crippen molar-refractivity contribution in [1.29, 1.82) is 0 Å². The molecule has 3 rings (SSSR count). The lowest BCUT2D eigenvalue weighted by molar-refractivity contribution is -0.117. The third kappa shape index (κ3) is 5.86. The van der Waals surface area contributed by atoms with E-state index in [1.165, 1.54) is 18.2 Å². The molecule has 1 unspecified atom stereocenters. The minimum atomic E-state index is -0.305. The molecule has 0 aliphatic carbocycles. The molecule has 0 spiro atoms. The van der Waals surface area contributed by atoms with Gasteiger partial charge in [0.25, 0.3) is 0 Å². The van der Waals surface area contributed by atoms with Gasteiger partial charge in [-0.05, 0) is 56.4 Å². The Morgan fingerprint density at radius 3 is 2.69 bits per heavy atom. The molecule has 1 atom stereocenters. The summed E-state index contributed by atoms with van der Waals surface area (Å²) in [4.78, 5) is 14.2. The predicted molar refractivity (Wildman–Crippen MR) is 111 cm³/mol. The van der Waals surface area contributed by atoms with Crippen LogP contribution >= 0.6 is 0 Å². The van der Waals surface area contributed by atoms with Crippen LogP contribution in [0.25, 0.3) is 17.3 Å². The van der Waals surface area contributed by atoms with Gasteiger partial charge < -0.3 is 14.7 Å². The number of benzene rings is 2. The first-order valence-corrected chi connectivity index (χ1v) is 9.35. The molecule has 0 aliphatic heterocycles. The number of carbonyl (C=O) groups is 1. The van der Waals surface area contributed by atoms with Crippen LogP contribution in [0.2, 0.25) is 0 Å². The van der Waals surface area contributed by atoms with Crippen LogP contribution in [-0.2, 0) is 11.3 Å². The Bertz CT molecular complexity index is 993. The number of rotatable bonds is 7. The number of hydrogen-bond acceptors (Lipinski definition) is 4. The summed E-state index contributed by atoms with van der Waals surface area (Å²) in [5, 5.41) is 7.08. The van der Waals surface area contributed by atoms with Crippen molar-refractivity contribution in [2.24, 2.45) is 0 Å². The second kappa shape index (κ2) is 9.30. The molecule has 2 aromatic carbocycles. The van der Waals surface area contributed by atoms with Gasteiger partial charge in [-0.2, -0.15) is 0 Å². The lowest BCUT2D eigenvalue weighted by Gasteiger charge is -2.13. The Balaban J connectivity index is 1.65. The van der Waals surface area contributed by atoms with Gasteiger partial charge in [-0.3, -0.25) is 4.79 Å². The molecule has 5 nitrogen and oxygen atoms in total. The van der Waals surface area contributed by atoms with Crippen LogP contribution in [-0.4, -0.2) is 30.1 Å². The predicted octanol–water partition coefficient (Wildman–Crippen LogP) is 4.43. The smallest absolute Gasteiger partial charge is 0.244 e. The van der Waals surface area contributed by atoms with Gasteiger partial charge >= 0.3 is 0 Å². The molecule has 0 bridgehead atoms. The van der Waals surface area contributed by atoms with Gasteiger partial charge in [0.1, 0.15) is 11.5 Å². The van der Waals surface area contributed by atoms with E-state index < -0.39 is 0 Å². The van der Waals surface area contributed by atoms with E-state index in [2.05, 4.69) is 10.5 Å². The quantitative estimate of drug-likeness (QED) is 0.603. The zero-order valence-electron chi connectivity index (χ0n) is 16.7. The highest BCUT2D eigenvalue weighted by molar-refractivity contribution is 5.92. The van der Waals surface area contributed by atoms with Crippen molar-refractivity contribution in [3.05, 3.63) is 83.4 Å². The topological polar surface area (TPSA) is 58.4 Å². The summed E-state index contributed by atoms with van der Waals surface area (Å²) in [7, 11) is 3.94. The second-order valence-corrected chi connectivity index (χ2v) is 7.16. The zero-order valence-corrected chi connectivity index (χ0v) is 16.7. The highest BCUT2D eigenvalue weighted by atomic mass is 19.1. The first-order chi connectivity index (χ1) is 13.9. The van der Waals surface area contributed by atoms with Gasteiger partial charge in [0.05, 0.1) is 12.6 Å². The fourth-order valence-corrected chi connectivity index (χ4v) is 2.89. The molecule has 0 saturated carbocycles. The van der Waals surface area contributed by atoms with Crippen LogP contribution in [0.1, 0.15) is 29.9 Å². The van der Waals surface area contributed by atoms with E-state index in [4.69, 9.17) is 4.52 Å². The average Bonchev–Trinajstić information content (AvgIpc) is 3.15. The van der Waals surface area contributed by atoms with Crippen molar-refractivity contribution in [2.75, 3.05) is 14.1 Å². The maximum atomic E-state index is 12.9. The van der Waals surface area contributed by atoms with E-state index in [-0.39, 0.29) is 17.8 Å². The van der Waals surface area contributed by atoms with E-state index in [9.17, 15) is 9.18 Å². The maximum absolute atomic E-state index is 12.9. The van der Waals surface area contributed by atoms with Gasteiger partial charge in [-0.15, -0.1) is 0 Å². The third-order valence-corrected chi connectivity index (χ3v) is 4.37. The fourth-order valence-electron chi connectivity index (χ4n) is 2.89. The Morgan fingerprint density at radius 2 is 1.97 bits per heavy atom. The highest BCUT2D eigenvalue weighted by Crippen LogP contribution is 2.23. The van der Waals surface area contributed by atoms with Crippen molar-refractivity contribution in [3.8, 4) is 11.3 Å². The van der Waals surface area contributed by atoms with Crippen LogP contribution in [0.5, 0.6) is 0 Å². The summed E-state index contributed by atoms with van der Waals surface area (Å²) in [5.41, 5.74) is 3.41. The highest BCUT2D eigenvalue weighted by Gasteiger charge is 2.11. The molecule has 1 amide bonds. The Hall–Kier alpha value is -3.25. The van der Waals surface area contributed by atoms with Crippen LogP contribution in [0.3, 0.4) is 0 Å². The molecule has 0 radical (unpaired) electrons. The van der Waals surface area contributed by atoms with E-state index in [1.54, 1.807) is 18.2 Å². The zero-order chi connectivity index (χ0) is 20.8. The number of amides is 1. The largest absolute Gasteiger partial charge is 0.359 e. The lowest BCUT2D eigenvalue weighted by Crippen LogP contribution is -2.24. The molecule has 0 fully saturated rings. The van der Waals surface area contributed by atoms with Gasteiger partial charge in [-0.1, -0.05) is 35.5 Å². The van der Waals surface area contributed by atoms with Crippen LogP contribution < -0.4 is 5.32 Å². The number of hydrogen-bond donors (Lipinski definition) is 1. The Morgan fingerprint density at radius 1 is 1.21 bits per heavy atom. The van der Waals surface area contributed by atoms with E-state index in [0.29, 0.717) is 6.54 Å². The van der Waals surface area contributed by atoms with Crippen LogP contribution in [0, 0.1) is 5.82 Å². The van der Waals surface area contributed by atoms with Crippen LogP contribution in [0.4, 0.5) is 4.39 Å². The second-order valence-electron chi connectivity index (χ2n) is 7.16. The average molecular weight is 393 g/mol. The number of aromatic nitrogens is 1. The SMILES string of the molecule is CC(NC(=O)C=Cc1ccc(F)cc1)c1cccc(-c2cc(CN(C)C)on2)c1. The summed E-state index contributed by atoms with van der Waals surface area (Å²) in [5.74, 6) is 0.269. The Kier molecular flexibility index (Phi) is 6.57. The fraction of sp³-hybridized carbons (Fsp3) is 0.217. The molecular weight excluding hydrogens is 369 g/mol. The van der Waals surface area contributed by atoms with Crippen molar-refractivity contribution in [3.63, 3.8) is 0 Å². The first kappa shape index (κ1) is 20.5. The van der Waals surface area contributed by atoms with Crippen molar-refractivity contribution in [2.45, 2.75) is 19.5 Å². The number of nitrogens with one attached hydrogen (secondary N) is 1. The number of carbonyl (C=O) groups excluding carboxylic acids is 1. The van der Waals surface area contributed by atoms with Crippen molar-refractivity contribution < 1.29 is 13.7 Å². The molecule has 1 N–H and O–H groups in total. The standard InChI is InChI=1S/C23H24FN3O2/c1-16(25-23(28)12-9-17-7-10-20(24)11-8-17)18-5-4-6-19(13-18)22-14-21(29-26-22)15-27(2)3/h4-14,16H,15H2,1-3H3,(H,25,28). The van der Waals surface area contributed by atoms with Gasteiger partial charge in [0, 0.05) is 17.7 Å². The van der Waals surface area contributed by atoms with Crippen LogP contribution in [0.15, 0.2) is 65.2 Å². The van der Waals surface area contributed by atoms with E-state index >= 15 is 0 Å². The van der Waals surface area contributed by atoms with Crippen molar-refractivity contribution in [1.82, 2.24) is 15.4 Å². The summed E-state index contributed by atoms with van der Waals surface area (Å²) in [6.07, 6.45) is 3.10. The minimum Gasteiger partial charge on any atom is -0.359 e. The van der Waals surface area contributed by atoms with Crippen molar-refractivity contribution >= 4 is 12.0 Å².